The molecule has 0 aliphatic heterocycles. The molecule has 1 aromatic heterocycles. The van der Waals surface area contributed by atoms with Crippen LogP contribution in [0.5, 0.6) is 0 Å². The molecule has 3 heteroatoms. The summed E-state index contributed by atoms with van der Waals surface area (Å²) in [5.41, 5.74) is 1.77. The van der Waals surface area contributed by atoms with Crippen molar-refractivity contribution in [2.45, 2.75) is 11.8 Å². The zero-order chi connectivity index (χ0) is 9.42. The average Bonchev–Trinajstić information content (AvgIpc) is 2.53. The van der Waals surface area contributed by atoms with Gasteiger partial charge in [0.05, 0.1) is 5.56 Å². The molecule has 0 aliphatic rings. The van der Waals surface area contributed by atoms with E-state index in [-0.39, 0.29) is 0 Å². The van der Waals surface area contributed by atoms with Crippen LogP contribution >= 0.6 is 24.0 Å². The van der Waals surface area contributed by atoms with Crippen LogP contribution in [0.15, 0.2) is 22.4 Å². The number of benzene rings is 1. The van der Waals surface area contributed by atoms with Gasteiger partial charge >= 0.3 is 0 Å². The van der Waals surface area contributed by atoms with E-state index in [1.165, 1.54) is 0 Å². The van der Waals surface area contributed by atoms with Gasteiger partial charge in [0.25, 0.3) is 0 Å². The molecule has 0 unspecified atom stereocenters. The number of nitriles is 1. The van der Waals surface area contributed by atoms with Crippen molar-refractivity contribution in [3.63, 3.8) is 0 Å². The molecule has 0 saturated carbocycles. The molecule has 0 N–H and O–H groups in total. The molecular formula is C10H7NS2. The van der Waals surface area contributed by atoms with Crippen LogP contribution in [0.25, 0.3) is 10.1 Å². The first-order valence-corrected chi connectivity index (χ1v) is 5.16. The number of fused-ring (bicyclic) bond motifs is 1. The van der Waals surface area contributed by atoms with Gasteiger partial charge in [0.1, 0.15) is 6.07 Å². The Hall–Kier alpha value is -0.980. The van der Waals surface area contributed by atoms with E-state index in [9.17, 15) is 0 Å². The second-order valence-corrected chi connectivity index (χ2v) is 4.26. The summed E-state index contributed by atoms with van der Waals surface area (Å²) in [6.07, 6.45) is 0. The molecule has 0 atom stereocenters. The summed E-state index contributed by atoms with van der Waals surface area (Å²) < 4.78 is 1.10. The third kappa shape index (κ3) is 1.23. The smallest absolute Gasteiger partial charge is 0.100 e. The molecular weight excluding hydrogens is 198 g/mol. The molecule has 13 heavy (non-hydrogen) atoms. The summed E-state index contributed by atoms with van der Waals surface area (Å²) in [4.78, 5) is 0.960. The Kier molecular flexibility index (Phi) is 2.03. The van der Waals surface area contributed by atoms with E-state index in [0.717, 1.165) is 26.1 Å². The van der Waals surface area contributed by atoms with Crippen molar-refractivity contribution in [1.29, 1.82) is 5.26 Å². The SMILES string of the molecule is Cc1cc(S)c2sccc2c1C#N. The molecule has 0 saturated heterocycles. The maximum Gasteiger partial charge on any atom is 0.100 e. The maximum absolute atomic E-state index is 8.96. The van der Waals surface area contributed by atoms with Gasteiger partial charge in [-0.3, -0.25) is 0 Å². The summed E-state index contributed by atoms with van der Waals surface area (Å²) in [5.74, 6) is 0. The molecule has 2 aromatic rings. The largest absolute Gasteiger partial charge is 0.192 e. The first kappa shape index (κ1) is 8.61. The molecule has 0 fully saturated rings. The summed E-state index contributed by atoms with van der Waals surface area (Å²) in [7, 11) is 0. The second-order valence-electron chi connectivity index (χ2n) is 2.86. The van der Waals surface area contributed by atoms with Crippen molar-refractivity contribution in [3.05, 3.63) is 28.6 Å². The fraction of sp³-hybridized carbons (Fsp3) is 0.100. The van der Waals surface area contributed by atoms with E-state index in [2.05, 4.69) is 18.7 Å². The molecule has 64 valence electrons. The molecule has 0 amide bonds. The lowest BCUT2D eigenvalue weighted by Crippen LogP contribution is -1.83. The van der Waals surface area contributed by atoms with Gasteiger partial charge in [-0.2, -0.15) is 5.26 Å². The van der Waals surface area contributed by atoms with Crippen molar-refractivity contribution in [2.75, 3.05) is 0 Å². The fourth-order valence-corrected chi connectivity index (χ4v) is 2.70. The number of aryl methyl sites for hydroxylation is 1. The summed E-state index contributed by atoms with van der Waals surface area (Å²) in [6, 6.07) is 6.15. The van der Waals surface area contributed by atoms with Crippen LogP contribution in [0.4, 0.5) is 0 Å². The predicted octanol–water partition coefficient (Wildman–Crippen LogP) is 3.37. The van der Waals surface area contributed by atoms with Crippen molar-refractivity contribution in [1.82, 2.24) is 0 Å². The van der Waals surface area contributed by atoms with Crippen LogP contribution in [0.3, 0.4) is 0 Å². The molecule has 0 spiro atoms. The minimum atomic E-state index is 0.772. The summed E-state index contributed by atoms with van der Waals surface area (Å²) in [6.45, 7) is 1.94. The lowest BCUT2D eigenvalue weighted by Gasteiger charge is -2.01. The Labute approximate surface area is 86.0 Å². The average molecular weight is 205 g/mol. The van der Waals surface area contributed by atoms with Gasteiger partial charge in [-0.1, -0.05) is 0 Å². The van der Waals surface area contributed by atoms with Crippen LogP contribution in [0, 0.1) is 18.3 Å². The van der Waals surface area contributed by atoms with Crippen LogP contribution in [0.1, 0.15) is 11.1 Å². The minimum Gasteiger partial charge on any atom is -0.192 e. The van der Waals surface area contributed by atoms with Gasteiger partial charge in [0.2, 0.25) is 0 Å². The van der Waals surface area contributed by atoms with Crippen LogP contribution in [-0.2, 0) is 0 Å². The predicted molar refractivity (Wildman–Crippen MR) is 58.5 cm³/mol. The Bertz CT molecular complexity index is 505. The first-order valence-electron chi connectivity index (χ1n) is 3.84. The summed E-state index contributed by atoms with van der Waals surface area (Å²) >= 11 is 6.00. The number of rotatable bonds is 0. The lowest BCUT2D eigenvalue weighted by atomic mass is 10.1. The highest BCUT2D eigenvalue weighted by molar-refractivity contribution is 7.80. The van der Waals surface area contributed by atoms with Crippen LogP contribution in [-0.4, -0.2) is 0 Å². The van der Waals surface area contributed by atoms with E-state index < -0.39 is 0 Å². The summed E-state index contributed by atoms with van der Waals surface area (Å²) in [5, 5.41) is 12.0. The highest BCUT2D eigenvalue weighted by atomic mass is 32.1. The van der Waals surface area contributed by atoms with Crippen molar-refractivity contribution in [3.8, 4) is 6.07 Å². The van der Waals surface area contributed by atoms with Crippen molar-refractivity contribution < 1.29 is 0 Å². The van der Waals surface area contributed by atoms with E-state index >= 15 is 0 Å². The zero-order valence-corrected chi connectivity index (χ0v) is 8.75. The van der Waals surface area contributed by atoms with E-state index in [0.29, 0.717) is 0 Å². The van der Waals surface area contributed by atoms with Gasteiger partial charge in [-0.15, -0.1) is 24.0 Å². The van der Waals surface area contributed by atoms with Crippen LogP contribution in [0.2, 0.25) is 0 Å². The molecule has 2 rings (SSSR count). The number of thiol groups is 1. The lowest BCUT2D eigenvalue weighted by molar-refractivity contribution is 1.39. The standard InChI is InChI=1S/C10H7NS2/c1-6-4-9(12)10-7(2-3-13-10)8(6)5-11/h2-4,12H,1H3. The Morgan fingerprint density at radius 2 is 2.31 bits per heavy atom. The normalized spacial score (nSPS) is 10.2. The third-order valence-corrected chi connectivity index (χ3v) is 3.48. The Balaban J connectivity index is 2.99. The fourth-order valence-electron chi connectivity index (χ4n) is 1.41. The third-order valence-electron chi connectivity index (χ3n) is 2.03. The van der Waals surface area contributed by atoms with E-state index in [1.807, 2.05) is 24.4 Å². The van der Waals surface area contributed by atoms with Gasteiger partial charge in [0, 0.05) is 15.0 Å². The maximum atomic E-state index is 8.96. The topological polar surface area (TPSA) is 23.8 Å². The first-order chi connectivity index (χ1) is 6.24. The monoisotopic (exact) mass is 205 g/mol. The van der Waals surface area contributed by atoms with Gasteiger partial charge in [-0.25, -0.2) is 0 Å². The second kappa shape index (κ2) is 3.06. The number of nitrogens with zero attached hydrogens (tertiary/aromatic N) is 1. The molecule has 1 aromatic carbocycles. The van der Waals surface area contributed by atoms with Crippen molar-refractivity contribution in [2.24, 2.45) is 0 Å². The molecule has 0 aliphatic carbocycles. The van der Waals surface area contributed by atoms with E-state index in [1.54, 1.807) is 11.3 Å². The van der Waals surface area contributed by atoms with Gasteiger partial charge in [-0.05, 0) is 30.0 Å². The van der Waals surface area contributed by atoms with E-state index in [4.69, 9.17) is 5.26 Å². The number of thiophene rings is 1. The molecule has 1 nitrogen and oxygen atoms in total. The highest BCUT2D eigenvalue weighted by Crippen LogP contribution is 2.31. The number of hydrogen-bond donors (Lipinski definition) is 1. The van der Waals surface area contributed by atoms with Gasteiger partial charge < -0.3 is 0 Å². The van der Waals surface area contributed by atoms with Gasteiger partial charge in [0.15, 0.2) is 0 Å². The Morgan fingerprint density at radius 3 is 3.00 bits per heavy atom. The highest BCUT2D eigenvalue weighted by Gasteiger charge is 2.07. The van der Waals surface area contributed by atoms with Crippen molar-refractivity contribution >= 4 is 34.1 Å². The number of hydrogen-bond acceptors (Lipinski definition) is 3. The van der Waals surface area contributed by atoms with Crippen LogP contribution < -0.4 is 0 Å². The molecule has 1 heterocycles. The quantitative estimate of drug-likeness (QED) is 0.655. The Morgan fingerprint density at radius 1 is 1.54 bits per heavy atom. The molecule has 0 radical (unpaired) electrons. The molecule has 0 bridgehead atoms. The minimum absolute atomic E-state index is 0.772. The zero-order valence-electron chi connectivity index (χ0n) is 7.03.